The van der Waals surface area contributed by atoms with Gasteiger partial charge in [-0.05, 0) is 37.1 Å². The highest BCUT2D eigenvalue weighted by atomic mass is 32.2. The fraction of sp³-hybridized carbons (Fsp3) is 0.238. The summed E-state index contributed by atoms with van der Waals surface area (Å²) in [5.74, 6) is 1.47. The van der Waals surface area contributed by atoms with Crippen LogP contribution in [-0.4, -0.2) is 19.7 Å². The first-order valence-electron chi connectivity index (χ1n) is 9.11. The van der Waals surface area contributed by atoms with Crippen molar-refractivity contribution in [3.05, 3.63) is 88.3 Å². The molecule has 0 aliphatic rings. The quantitative estimate of drug-likeness (QED) is 0.211. The molecule has 0 saturated carbocycles. The summed E-state index contributed by atoms with van der Waals surface area (Å²) in [6, 6.07) is 14.5. The molecule has 0 aliphatic heterocycles. The second-order valence-electron chi connectivity index (χ2n) is 6.52. The summed E-state index contributed by atoms with van der Waals surface area (Å²) >= 11 is 1.49. The highest BCUT2D eigenvalue weighted by molar-refractivity contribution is 7.99. The molecule has 29 heavy (non-hydrogen) atoms. The Hall–Kier alpha value is -3.13. The smallest absolute Gasteiger partial charge is 0.269 e. The monoisotopic (exact) mass is 410 g/mol. The number of nitrogens with zero attached hydrogens (tertiary/aromatic N) is 4. The molecule has 0 spiro atoms. The maximum Gasteiger partial charge on any atom is 0.269 e. The lowest BCUT2D eigenvalue weighted by atomic mass is 10.1. The maximum absolute atomic E-state index is 11.0. The van der Waals surface area contributed by atoms with Gasteiger partial charge >= 0.3 is 0 Å². The van der Waals surface area contributed by atoms with Crippen LogP contribution in [0.5, 0.6) is 5.75 Å². The first kappa shape index (κ1) is 20.6. The number of non-ortho nitro benzene ring substituents is 1. The molecule has 0 radical (unpaired) electrons. The molecule has 0 fully saturated rings. The number of hydrogen-bond donors (Lipinski definition) is 0. The number of ether oxygens (including phenoxy) is 1. The summed E-state index contributed by atoms with van der Waals surface area (Å²) in [6.07, 6.45) is 1.78. The van der Waals surface area contributed by atoms with Crippen molar-refractivity contribution >= 4 is 17.4 Å². The number of aryl methyl sites for hydroxylation is 1. The summed E-state index contributed by atoms with van der Waals surface area (Å²) in [4.78, 5) is 10.6. The van der Waals surface area contributed by atoms with Crippen molar-refractivity contribution in [1.29, 1.82) is 0 Å². The zero-order valence-electron chi connectivity index (χ0n) is 16.3. The molecule has 1 aromatic heterocycles. The van der Waals surface area contributed by atoms with Gasteiger partial charge in [0.2, 0.25) is 0 Å². The van der Waals surface area contributed by atoms with Crippen molar-refractivity contribution in [2.75, 3.05) is 0 Å². The molecule has 2 aromatic carbocycles. The molecule has 1 atom stereocenters. The Morgan fingerprint density at radius 3 is 2.79 bits per heavy atom. The normalized spacial score (nSPS) is 11.8. The van der Waals surface area contributed by atoms with E-state index in [4.69, 9.17) is 4.74 Å². The van der Waals surface area contributed by atoms with Crippen LogP contribution < -0.4 is 4.74 Å². The minimum atomic E-state index is -0.387. The third kappa shape index (κ3) is 5.23. The van der Waals surface area contributed by atoms with Crippen LogP contribution in [0.2, 0.25) is 0 Å². The molecule has 3 aromatic rings. The number of nitro benzene ring substituents is 1. The number of thioether (sulfide) groups is 1. The Kier molecular flexibility index (Phi) is 6.66. The van der Waals surface area contributed by atoms with Crippen LogP contribution >= 0.6 is 11.8 Å². The van der Waals surface area contributed by atoms with E-state index in [1.54, 1.807) is 18.2 Å². The number of hydrogen-bond acceptors (Lipinski definition) is 6. The van der Waals surface area contributed by atoms with Gasteiger partial charge in [-0.2, -0.15) is 0 Å². The van der Waals surface area contributed by atoms with E-state index in [0.29, 0.717) is 17.5 Å². The van der Waals surface area contributed by atoms with Gasteiger partial charge in [0.25, 0.3) is 5.69 Å². The number of aromatic nitrogens is 3. The molecule has 0 bridgehead atoms. The summed E-state index contributed by atoms with van der Waals surface area (Å²) in [5.41, 5.74) is 2.06. The van der Waals surface area contributed by atoms with Gasteiger partial charge in [0.15, 0.2) is 11.0 Å². The average Bonchev–Trinajstić information content (AvgIpc) is 3.08. The number of rotatable bonds is 9. The summed E-state index contributed by atoms with van der Waals surface area (Å²) < 4.78 is 7.81. The van der Waals surface area contributed by atoms with Gasteiger partial charge in [0.05, 0.1) is 4.92 Å². The van der Waals surface area contributed by atoms with Gasteiger partial charge in [0.1, 0.15) is 12.4 Å². The second kappa shape index (κ2) is 9.38. The van der Waals surface area contributed by atoms with Crippen LogP contribution in [0.1, 0.15) is 29.1 Å². The fourth-order valence-electron chi connectivity index (χ4n) is 2.80. The minimum absolute atomic E-state index is 0.0341. The Bertz CT molecular complexity index is 1020. The molecule has 0 aliphatic carbocycles. The highest BCUT2D eigenvalue weighted by Crippen LogP contribution is 2.35. The van der Waals surface area contributed by atoms with Crippen molar-refractivity contribution in [2.24, 2.45) is 0 Å². The zero-order chi connectivity index (χ0) is 20.8. The van der Waals surface area contributed by atoms with E-state index in [1.807, 2.05) is 48.7 Å². The Labute approximate surface area is 173 Å². The molecule has 7 nitrogen and oxygen atoms in total. The fourth-order valence-corrected chi connectivity index (χ4v) is 3.79. The van der Waals surface area contributed by atoms with Crippen LogP contribution in [0.3, 0.4) is 0 Å². The van der Waals surface area contributed by atoms with Crippen LogP contribution in [0, 0.1) is 17.0 Å². The van der Waals surface area contributed by atoms with Gasteiger partial charge in [-0.1, -0.05) is 42.1 Å². The van der Waals surface area contributed by atoms with E-state index in [0.717, 1.165) is 16.9 Å². The molecule has 3 rings (SSSR count). The lowest BCUT2D eigenvalue weighted by Gasteiger charge is -2.13. The number of nitro groups is 1. The standard InChI is InChI=1S/C21H22N4O3S/c1-4-11-24-20(14-28-19-10-5-7-15(2)12-19)22-23-21(24)29-16(3)17-8-6-9-18(13-17)25(26)27/h4-10,12-13,16H,1,11,14H2,2-3H3/t16-/m1/s1. The van der Waals surface area contributed by atoms with Crippen molar-refractivity contribution in [2.45, 2.75) is 37.4 Å². The second-order valence-corrected chi connectivity index (χ2v) is 7.82. The minimum Gasteiger partial charge on any atom is -0.486 e. The van der Waals surface area contributed by atoms with Gasteiger partial charge in [-0.15, -0.1) is 16.8 Å². The average molecular weight is 410 g/mol. The first-order valence-corrected chi connectivity index (χ1v) is 9.99. The molecular weight excluding hydrogens is 388 g/mol. The highest BCUT2D eigenvalue weighted by Gasteiger charge is 2.18. The Balaban J connectivity index is 1.76. The molecule has 0 amide bonds. The van der Waals surface area contributed by atoms with Crippen molar-refractivity contribution in [3.8, 4) is 5.75 Å². The topological polar surface area (TPSA) is 83.1 Å². The molecule has 0 N–H and O–H groups in total. The van der Waals surface area contributed by atoms with Crippen molar-refractivity contribution < 1.29 is 9.66 Å². The van der Waals surface area contributed by atoms with Gasteiger partial charge in [0, 0.05) is 23.9 Å². The first-order chi connectivity index (χ1) is 14.0. The SMILES string of the molecule is C=CCn1c(COc2cccc(C)c2)nnc1S[C@H](C)c1cccc([N+](=O)[O-])c1. The van der Waals surface area contributed by atoms with E-state index in [-0.39, 0.29) is 22.5 Å². The Morgan fingerprint density at radius 2 is 2.07 bits per heavy atom. The zero-order valence-corrected chi connectivity index (χ0v) is 17.1. The van der Waals surface area contributed by atoms with Crippen LogP contribution in [0.15, 0.2) is 66.3 Å². The number of allylic oxidation sites excluding steroid dienone is 1. The lowest BCUT2D eigenvalue weighted by Crippen LogP contribution is -2.08. The molecule has 1 heterocycles. The van der Waals surface area contributed by atoms with E-state index in [9.17, 15) is 10.1 Å². The summed E-state index contributed by atoms with van der Waals surface area (Å²) in [7, 11) is 0. The number of benzene rings is 2. The van der Waals surface area contributed by atoms with Crippen molar-refractivity contribution in [3.63, 3.8) is 0 Å². The van der Waals surface area contributed by atoms with Gasteiger partial charge in [-0.3, -0.25) is 14.7 Å². The summed E-state index contributed by atoms with van der Waals surface area (Å²) in [6.45, 7) is 8.64. The molecule has 0 saturated heterocycles. The van der Waals surface area contributed by atoms with Crippen LogP contribution in [0.4, 0.5) is 5.69 Å². The summed E-state index contributed by atoms with van der Waals surface area (Å²) in [5, 5.41) is 20.3. The molecule has 8 heteroatoms. The van der Waals surface area contributed by atoms with E-state index in [1.165, 1.54) is 17.8 Å². The Morgan fingerprint density at radius 1 is 1.28 bits per heavy atom. The maximum atomic E-state index is 11.0. The van der Waals surface area contributed by atoms with Crippen LogP contribution in [0.25, 0.3) is 0 Å². The van der Waals surface area contributed by atoms with E-state index < -0.39 is 0 Å². The third-order valence-corrected chi connectivity index (χ3v) is 5.43. The van der Waals surface area contributed by atoms with Crippen LogP contribution in [-0.2, 0) is 13.2 Å². The predicted molar refractivity (Wildman–Crippen MR) is 113 cm³/mol. The lowest BCUT2D eigenvalue weighted by molar-refractivity contribution is -0.384. The van der Waals surface area contributed by atoms with E-state index >= 15 is 0 Å². The third-order valence-electron chi connectivity index (χ3n) is 4.30. The molecular formula is C21H22N4O3S. The molecule has 0 unspecified atom stereocenters. The largest absolute Gasteiger partial charge is 0.486 e. The molecule has 150 valence electrons. The van der Waals surface area contributed by atoms with Crippen molar-refractivity contribution in [1.82, 2.24) is 14.8 Å². The predicted octanol–water partition coefficient (Wildman–Crippen LogP) is 5.11. The van der Waals surface area contributed by atoms with Gasteiger partial charge < -0.3 is 4.74 Å². The van der Waals surface area contributed by atoms with E-state index in [2.05, 4.69) is 16.8 Å². The van der Waals surface area contributed by atoms with Gasteiger partial charge in [-0.25, -0.2) is 0 Å².